The van der Waals surface area contributed by atoms with Crippen LogP contribution in [0.3, 0.4) is 0 Å². The van der Waals surface area contributed by atoms with E-state index in [1.807, 2.05) is 4.90 Å². The normalized spacial score (nSPS) is 42.5. The van der Waals surface area contributed by atoms with Crippen molar-refractivity contribution in [1.29, 1.82) is 0 Å². The number of allylic oxidation sites excluding steroid dienone is 1. The first-order valence-electron chi connectivity index (χ1n) is 34.7. The molecule has 9 saturated carbocycles. The summed E-state index contributed by atoms with van der Waals surface area (Å²) in [6.45, 7) is 4.13. The number of phenolic OH excluding ortho intramolecular Hbond substituents is 1. The lowest BCUT2D eigenvalue weighted by atomic mass is 9.45. The molecular formula is C72H101N5O6S2. The first-order valence-corrected chi connectivity index (χ1v) is 37.0. The highest BCUT2D eigenvalue weighted by molar-refractivity contribution is 8.77. The van der Waals surface area contributed by atoms with Crippen LogP contribution in [0, 0.1) is 62.6 Å². The Morgan fingerprint density at radius 2 is 1.66 bits per heavy atom. The minimum Gasteiger partial charge on any atom is -0.504 e. The summed E-state index contributed by atoms with van der Waals surface area (Å²) < 4.78 is 13.9. The van der Waals surface area contributed by atoms with Gasteiger partial charge in [-0.15, -0.1) is 0 Å². The topological polar surface area (TPSA) is 159 Å². The van der Waals surface area contributed by atoms with E-state index in [1.165, 1.54) is 115 Å². The lowest BCUT2D eigenvalue weighted by Crippen LogP contribution is -2.56. The number of nitrogens with zero attached hydrogens (tertiary/aromatic N) is 2. The van der Waals surface area contributed by atoms with Crippen LogP contribution in [0.2, 0.25) is 0 Å². The number of carbonyl (C=O) groups is 2. The summed E-state index contributed by atoms with van der Waals surface area (Å²) >= 11 is 0. The van der Waals surface area contributed by atoms with Crippen molar-refractivity contribution in [2.24, 2.45) is 73.3 Å². The van der Waals surface area contributed by atoms with Crippen molar-refractivity contribution >= 4 is 39.4 Å². The lowest BCUT2D eigenvalue weighted by molar-refractivity contribution is -0.173. The van der Waals surface area contributed by atoms with Gasteiger partial charge in [0.15, 0.2) is 17.5 Å². The number of rotatable bonds is 4. The van der Waals surface area contributed by atoms with Gasteiger partial charge in [0.2, 0.25) is 5.91 Å². The number of aryl methyl sites for hydroxylation is 1. The van der Waals surface area contributed by atoms with Gasteiger partial charge >= 0.3 is 5.97 Å². The van der Waals surface area contributed by atoms with Gasteiger partial charge in [-0.2, -0.15) is 0 Å². The number of aromatic hydroxyl groups is 1. The van der Waals surface area contributed by atoms with E-state index in [2.05, 4.69) is 87.8 Å². The highest BCUT2D eigenvalue weighted by Gasteiger charge is 2.71. The average Bonchev–Trinajstić information content (AvgIpc) is 1.55. The maximum Gasteiger partial charge on any atom is 0.303 e. The van der Waals surface area contributed by atoms with E-state index in [9.17, 15) is 15.0 Å². The Morgan fingerprint density at radius 1 is 0.847 bits per heavy atom. The van der Waals surface area contributed by atoms with Crippen LogP contribution in [0.25, 0.3) is 0 Å². The number of carbonyl (C=O) groups excluding carboxylic acids is 2. The fourth-order valence-corrected chi connectivity index (χ4v) is 28.4. The number of nitrogens with one attached hydrogen (secondary N) is 2. The van der Waals surface area contributed by atoms with Crippen molar-refractivity contribution in [2.45, 2.75) is 247 Å². The van der Waals surface area contributed by atoms with Gasteiger partial charge in [-0.25, -0.2) is 0 Å². The Bertz CT molecular complexity index is 2940. The number of fused-ring (bicyclic) bond motifs is 3. The van der Waals surface area contributed by atoms with Crippen molar-refractivity contribution in [3.05, 3.63) is 70.8 Å². The molecule has 462 valence electrons. The summed E-state index contributed by atoms with van der Waals surface area (Å²) in [5.74, 6) is 5.10. The van der Waals surface area contributed by atoms with Gasteiger partial charge in [-0.05, 0) is 249 Å². The van der Waals surface area contributed by atoms with Crippen LogP contribution in [-0.2, 0) is 27.3 Å². The van der Waals surface area contributed by atoms with E-state index in [0.29, 0.717) is 79.1 Å². The number of guanidine groups is 1. The predicted molar refractivity (Wildman–Crippen MR) is 340 cm³/mol. The molecule has 10 fully saturated rings. The molecule has 6 N–H and O–H groups in total. The standard InChI is InChI=1S/C72H101N5O6S2/c1-47(78)82-67-31-20-50-36-53(62(81)63-61(50)51-21-33-70(83-63)26-10-14-54(70)37-51)44-77-46-68(41-60(77)80)55(17-18-58(68)49-12-4-3-5-13-49)43-75-64(73)76-72(29-11-25-65(72)23-6-7-24-65)85-84-45-56-16-15-52(57(22-32-67)59(79)40-67)39-69(56)35-34-66(71(69)27-8-9-28-71)30-19-48(38-66)42-74-2/h3-5,12-13,21,33,36,48,51-52,54-59,74,79,81H,6-11,14-20,22-32,34-35,37-46H2,1-2H3,(H3,73,75,76). The number of hydrogen-bond donors (Lipinski definition) is 5. The van der Waals surface area contributed by atoms with Crippen LogP contribution < -0.4 is 21.1 Å². The molecule has 1 saturated heterocycles. The zero-order chi connectivity index (χ0) is 58.0. The lowest BCUT2D eigenvalue weighted by Gasteiger charge is -2.60. The third-order valence-corrected chi connectivity index (χ3v) is 31.2. The van der Waals surface area contributed by atoms with E-state index in [4.69, 9.17) is 20.2 Å². The molecule has 7 spiro atoms. The maximum absolute atomic E-state index is 15.1. The zero-order valence-corrected chi connectivity index (χ0v) is 53.2. The molecule has 13 heteroatoms. The summed E-state index contributed by atoms with van der Waals surface area (Å²) in [4.78, 5) is 35.9. The van der Waals surface area contributed by atoms with Crippen molar-refractivity contribution < 1.29 is 29.3 Å². The van der Waals surface area contributed by atoms with E-state index in [-0.39, 0.29) is 69.0 Å². The molecule has 0 aromatic heterocycles. The summed E-state index contributed by atoms with van der Waals surface area (Å²) in [6, 6.07) is 13.1. The van der Waals surface area contributed by atoms with Gasteiger partial charge in [0.05, 0.1) is 6.10 Å². The number of aliphatic imine (C=N–C) groups is 1. The van der Waals surface area contributed by atoms with Gasteiger partial charge in [-0.3, -0.25) is 14.6 Å². The Balaban J connectivity index is 0.828. The molecule has 18 rings (SSSR count). The van der Waals surface area contributed by atoms with Gasteiger partial charge in [0.1, 0.15) is 16.1 Å². The first kappa shape index (κ1) is 58.0. The molecule has 2 aromatic carbocycles. The number of esters is 1. The molecule has 10 bridgehead atoms. The molecule has 85 heavy (non-hydrogen) atoms. The van der Waals surface area contributed by atoms with Gasteiger partial charge in [0, 0.05) is 78.9 Å². The Labute approximate surface area is 515 Å². The van der Waals surface area contributed by atoms with Gasteiger partial charge in [-0.1, -0.05) is 83.7 Å². The molecule has 16 aliphatic rings. The fourth-order valence-electron chi connectivity index (χ4n) is 24.4. The van der Waals surface area contributed by atoms with E-state index in [0.717, 1.165) is 99.1 Å². The number of phenols is 1. The molecule has 1 amide bonds. The van der Waals surface area contributed by atoms with Crippen LogP contribution in [0.5, 0.6) is 11.5 Å². The van der Waals surface area contributed by atoms with Crippen molar-refractivity contribution in [3.8, 4) is 11.5 Å². The number of nitrogens with two attached hydrogens (primary N) is 1. The molecule has 10 aliphatic carbocycles. The maximum atomic E-state index is 15.1. The second kappa shape index (κ2) is 21.9. The molecule has 0 radical (unpaired) electrons. The number of ether oxygens (including phenoxy) is 2. The zero-order valence-electron chi connectivity index (χ0n) is 51.6. The first-order chi connectivity index (χ1) is 41.2. The molecule has 6 aliphatic heterocycles. The molecule has 6 heterocycles. The minimum atomic E-state index is -0.820. The Hall–Kier alpha value is -3.39. The molecule has 2 aromatic rings. The Morgan fingerprint density at radius 3 is 2.47 bits per heavy atom. The van der Waals surface area contributed by atoms with E-state index in [1.54, 1.807) is 6.92 Å². The average molecular weight is 1200 g/mol. The quantitative estimate of drug-likeness (QED) is 0.113. The van der Waals surface area contributed by atoms with Gasteiger partial charge < -0.3 is 41.0 Å². The number of aliphatic hydroxyl groups is 1. The number of hydrogen-bond acceptors (Lipinski definition) is 12. The number of aliphatic hydroxyl groups excluding tert-OH is 1. The molecular weight excluding hydrogens is 1090 g/mol. The molecule has 15 unspecified atom stereocenters. The van der Waals surface area contributed by atoms with Crippen LogP contribution in [0.1, 0.15) is 234 Å². The fraction of sp³-hybridized carbons (Fsp3) is 0.764. The summed E-state index contributed by atoms with van der Waals surface area (Å²) in [5.41, 5.74) is 11.1. The molecule has 15 atom stereocenters. The van der Waals surface area contributed by atoms with Crippen molar-refractivity contribution in [3.63, 3.8) is 0 Å². The highest BCUT2D eigenvalue weighted by atomic mass is 33.1. The summed E-state index contributed by atoms with van der Waals surface area (Å²) in [7, 11) is 6.51. The SMILES string of the molecule is CNCC1CCC2(CCC3(CC4CCC3CSSC3(CCCC35CCCC5)NC(N)=NCC3CCC(c5ccccc5)C35CC(=O)N(Cc3cc(c6c(c3O)OC37C=CC6CC3CCC7)CCC3(OC(C)=O)CCC4C(O)C3)C5)C23CCCC3)C1. The van der Waals surface area contributed by atoms with Crippen LogP contribution in [-0.4, -0.2) is 87.6 Å². The van der Waals surface area contributed by atoms with E-state index >= 15 is 4.79 Å². The second-order valence-corrected chi connectivity index (χ2v) is 33.9. The second-order valence-electron chi connectivity index (χ2n) is 31.3. The smallest absolute Gasteiger partial charge is 0.303 e. The highest BCUT2D eigenvalue weighted by Crippen LogP contribution is 2.80. The number of amides is 1. The Kier molecular flexibility index (Phi) is 15.0. The van der Waals surface area contributed by atoms with E-state index < -0.39 is 17.3 Å². The third-order valence-electron chi connectivity index (χ3n) is 28.0. The largest absolute Gasteiger partial charge is 0.504 e. The minimum absolute atomic E-state index is 0.0862. The summed E-state index contributed by atoms with van der Waals surface area (Å²) in [5, 5.41) is 33.6. The monoisotopic (exact) mass is 1200 g/mol. The number of benzene rings is 2. The van der Waals surface area contributed by atoms with Crippen molar-refractivity contribution in [2.75, 3.05) is 32.4 Å². The predicted octanol–water partition coefficient (Wildman–Crippen LogP) is 14.2. The van der Waals surface area contributed by atoms with Crippen LogP contribution in [0.15, 0.2) is 53.5 Å². The summed E-state index contributed by atoms with van der Waals surface area (Å²) in [6.07, 6.45) is 38.3. The van der Waals surface area contributed by atoms with Crippen LogP contribution >= 0.6 is 21.6 Å². The molecule has 11 nitrogen and oxygen atoms in total. The van der Waals surface area contributed by atoms with Gasteiger partial charge in [0.25, 0.3) is 0 Å². The third kappa shape index (κ3) is 9.21. The van der Waals surface area contributed by atoms with Crippen molar-refractivity contribution in [1.82, 2.24) is 15.5 Å². The van der Waals surface area contributed by atoms with Crippen LogP contribution in [0.4, 0.5) is 0 Å².